The van der Waals surface area contributed by atoms with Gasteiger partial charge in [-0.2, -0.15) is 0 Å². The quantitative estimate of drug-likeness (QED) is 0.176. The first kappa shape index (κ1) is 24.8. The van der Waals surface area contributed by atoms with Crippen LogP contribution in [0, 0.1) is 17.3 Å². The highest BCUT2D eigenvalue weighted by Gasteiger charge is 2.41. The van der Waals surface area contributed by atoms with Crippen molar-refractivity contribution in [2.45, 2.75) is 65.1 Å². The Kier molecular flexibility index (Phi) is 8.21. The van der Waals surface area contributed by atoms with Gasteiger partial charge < -0.3 is 14.2 Å². The number of carbonyl (C=O) groups is 1. The molecule has 0 aliphatic rings. The molecule has 0 saturated heterocycles. The smallest absolute Gasteiger partial charge is 0.308 e. The molecule has 1 aromatic carbocycles. The number of methoxy groups -OCH3 is 1. The number of fused-ring (bicyclic) bond motifs is 1. The summed E-state index contributed by atoms with van der Waals surface area (Å²) in [5.74, 6) is 2.77. The minimum absolute atomic E-state index is 0.0509. The number of aromatic nitrogens is 1. The third-order valence-electron chi connectivity index (χ3n) is 5.72. The number of carbonyl (C=O) groups excluding carboxylic acids is 1. The topological polar surface area (TPSA) is 57.7 Å². The van der Waals surface area contributed by atoms with Gasteiger partial charge in [0.25, 0.3) is 0 Å². The summed E-state index contributed by atoms with van der Waals surface area (Å²) in [5, 5.41) is 0.444. The van der Waals surface area contributed by atoms with Crippen LogP contribution in [0.4, 0.5) is 4.39 Å². The maximum atomic E-state index is 15.0. The van der Waals surface area contributed by atoms with Gasteiger partial charge in [0.2, 0.25) is 0 Å². The van der Waals surface area contributed by atoms with Gasteiger partial charge in [-0.05, 0) is 16.6 Å². The van der Waals surface area contributed by atoms with Crippen molar-refractivity contribution in [1.82, 2.24) is 4.98 Å². The first-order valence-corrected chi connectivity index (χ1v) is 12.7. The van der Waals surface area contributed by atoms with E-state index in [1.54, 1.807) is 6.07 Å². The van der Waals surface area contributed by atoms with Crippen LogP contribution >= 0.6 is 0 Å². The summed E-state index contributed by atoms with van der Waals surface area (Å²) in [6.07, 6.45) is 1.15. The van der Waals surface area contributed by atoms with E-state index in [1.807, 2.05) is 0 Å². The van der Waals surface area contributed by atoms with Crippen LogP contribution in [0.15, 0.2) is 18.3 Å². The van der Waals surface area contributed by atoms with E-state index >= 15 is 0 Å². The van der Waals surface area contributed by atoms with Crippen molar-refractivity contribution >= 4 is 24.9 Å². The van der Waals surface area contributed by atoms with Gasteiger partial charge in [0.1, 0.15) is 19.6 Å². The molecule has 0 radical (unpaired) electrons. The number of ether oxygens (including phenoxy) is 3. The number of hydrogen-bond donors (Lipinski definition) is 0. The Bertz CT molecular complexity index is 986. The molecule has 0 spiro atoms. The molecule has 31 heavy (non-hydrogen) atoms. The first-order valence-electron chi connectivity index (χ1n) is 10.5. The van der Waals surface area contributed by atoms with Crippen LogP contribution in [0.3, 0.4) is 0 Å². The van der Waals surface area contributed by atoms with Crippen LogP contribution < -0.4 is 9.47 Å². The Morgan fingerprint density at radius 1 is 1.13 bits per heavy atom. The van der Waals surface area contributed by atoms with E-state index in [2.05, 4.69) is 58.0 Å². The normalized spacial score (nSPS) is 11.7. The predicted molar refractivity (Wildman–Crippen MR) is 123 cm³/mol. The molecule has 1 heterocycles. The average molecular weight is 446 g/mol. The second-order valence-corrected chi connectivity index (χ2v) is 14.2. The van der Waals surface area contributed by atoms with Crippen LogP contribution in [0.1, 0.15) is 54.0 Å². The highest BCUT2D eigenvalue weighted by Crippen LogP contribution is 2.41. The molecule has 1 aromatic heterocycles. The predicted octanol–water partition coefficient (Wildman–Crippen LogP) is 5.85. The summed E-state index contributed by atoms with van der Waals surface area (Å²) in [5.41, 5.74) is 5.47. The van der Waals surface area contributed by atoms with Gasteiger partial charge in [-0.3, -0.25) is 9.78 Å². The first-order chi connectivity index (χ1) is 14.5. The minimum atomic E-state index is -2.08. The van der Waals surface area contributed by atoms with Crippen LogP contribution in [-0.4, -0.2) is 32.9 Å². The lowest BCUT2D eigenvalue weighted by molar-refractivity contribution is -0.131. The zero-order valence-electron chi connectivity index (χ0n) is 19.6. The molecule has 7 heteroatoms. The van der Waals surface area contributed by atoms with Crippen molar-refractivity contribution in [2.75, 3.05) is 13.9 Å². The second kappa shape index (κ2) is 10.3. The zero-order chi connectivity index (χ0) is 23.3. The van der Waals surface area contributed by atoms with Gasteiger partial charge in [-0.15, -0.1) is 5.54 Å². The van der Waals surface area contributed by atoms with Gasteiger partial charge in [0.05, 0.1) is 22.7 Å². The fraction of sp³-hybridized carbons (Fsp3) is 0.500. The van der Waals surface area contributed by atoms with Crippen molar-refractivity contribution in [3.05, 3.63) is 29.7 Å². The largest absolute Gasteiger partial charge is 0.467 e. The molecule has 2 aromatic rings. The van der Waals surface area contributed by atoms with Gasteiger partial charge >= 0.3 is 5.97 Å². The van der Waals surface area contributed by atoms with E-state index in [-0.39, 0.29) is 18.1 Å². The number of rotatable bonds is 7. The monoisotopic (exact) mass is 445 g/mol. The standard InChI is InChI=1S/C24H32FNO4Si/c1-15(2)31(16(3)4,17(5)6)10-9-20-21(25)13-26-22-11-19(30-18(7)27)12-23(24(20)22)29-14-28-8/h11-13,15-17H,14H2,1-8H3. The molecule has 0 bridgehead atoms. The minimum Gasteiger partial charge on any atom is -0.467 e. The van der Waals surface area contributed by atoms with Crippen molar-refractivity contribution in [3.63, 3.8) is 0 Å². The molecule has 0 aliphatic carbocycles. The van der Waals surface area contributed by atoms with Crippen molar-refractivity contribution in [2.24, 2.45) is 0 Å². The summed E-state index contributed by atoms with van der Waals surface area (Å²) in [4.78, 5) is 15.6. The summed E-state index contributed by atoms with van der Waals surface area (Å²) < 4.78 is 30.9. The van der Waals surface area contributed by atoms with Crippen LogP contribution in [0.2, 0.25) is 16.6 Å². The number of benzene rings is 1. The van der Waals surface area contributed by atoms with Gasteiger partial charge in [-0.25, -0.2) is 4.39 Å². The highest BCUT2D eigenvalue weighted by atomic mass is 28.3. The molecule has 0 aliphatic heterocycles. The SMILES string of the molecule is COCOc1cc(OC(C)=O)cc2ncc(F)c(C#C[Si](C(C)C)(C(C)C)C(C)C)c12. The molecular weight excluding hydrogens is 413 g/mol. The summed E-state index contributed by atoms with van der Waals surface area (Å²) in [7, 11) is -0.588. The lowest BCUT2D eigenvalue weighted by Gasteiger charge is -2.38. The fourth-order valence-corrected chi connectivity index (χ4v) is 9.63. The van der Waals surface area contributed by atoms with Crippen molar-refractivity contribution in [3.8, 4) is 23.0 Å². The maximum absolute atomic E-state index is 15.0. The average Bonchev–Trinajstić information content (AvgIpc) is 2.66. The number of pyridine rings is 1. The van der Waals surface area contributed by atoms with Crippen molar-refractivity contribution in [1.29, 1.82) is 0 Å². The summed E-state index contributed by atoms with van der Waals surface area (Å²) >= 11 is 0. The lowest BCUT2D eigenvalue weighted by Crippen LogP contribution is -2.43. The molecule has 0 saturated carbocycles. The molecule has 5 nitrogen and oxygen atoms in total. The van der Waals surface area contributed by atoms with E-state index in [0.717, 1.165) is 6.20 Å². The van der Waals surface area contributed by atoms with Crippen LogP contribution in [-0.2, 0) is 9.53 Å². The Morgan fingerprint density at radius 3 is 2.26 bits per heavy atom. The van der Waals surface area contributed by atoms with Crippen LogP contribution in [0.5, 0.6) is 11.5 Å². The molecule has 0 amide bonds. The molecule has 0 atom stereocenters. The Balaban J connectivity index is 2.80. The Hall–Kier alpha value is -2.43. The van der Waals surface area contributed by atoms with E-state index in [9.17, 15) is 9.18 Å². The number of nitrogens with zero attached hydrogens (tertiary/aromatic N) is 1. The van der Waals surface area contributed by atoms with Gasteiger partial charge in [0.15, 0.2) is 12.6 Å². The Morgan fingerprint density at radius 2 is 1.74 bits per heavy atom. The molecule has 2 rings (SSSR count). The number of halogens is 1. The second-order valence-electron chi connectivity index (χ2n) is 8.59. The summed E-state index contributed by atoms with van der Waals surface area (Å²) in [6.45, 7) is 14.5. The van der Waals surface area contributed by atoms with Gasteiger partial charge in [-0.1, -0.05) is 47.5 Å². The van der Waals surface area contributed by atoms with E-state index in [1.165, 1.54) is 20.1 Å². The third kappa shape index (κ3) is 5.25. The maximum Gasteiger partial charge on any atom is 0.308 e. The van der Waals surface area contributed by atoms with Crippen LogP contribution in [0.25, 0.3) is 10.9 Å². The molecule has 0 N–H and O–H groups in total. The number of hydrogen-bond acceptors (Lipinski definition) is 5. The lowest BCUT2D eigenvalue weighted by atomic mass is 10.1. The van der Waals surface area contributed by atoms with E-state index in [0.29, 0.717) is 33.3 Å². The highest BCUT2D eigenvalue weighted by molar-refractivity contribution is 6.90. The van der Waals surface area contributed by atoms with E-state index < -0.39 is 19.9 Å². The van der Waals surface area contributed by atoms with Gasteiger partial charge in [0, 0.05) is 26.2 Å². The summed E-state index contributed by atoms with van der Waals surface area (Å²) in [6, 6.07) is 3.12. The molecule has 168 valence electrons. The van der Waals surface area contributed by atoms with Crippen molar-refractivity contribution < 1.29 is 23.4 Å². The zero-order valence-corrected chi connectivity index (χ0v) is 20.6. The Labute approximate surface area is 185 Å². The molecule has 0 unspecified atom stereocenters. The van der Waals surface area contributed by atoms with E-state index in [4.69, 9.17) is 14.2 Å². The number of esters is 1. The third-order valence-corrected chi connectivity index (χ3v) is 12.0. The molecule has 0 fully saturated rings. The molecular formula is C24H32FNO4Si. The fourth-order valence-electron chi connectivity index (χ4n) is 4.43.